The Balaban J connectivity index is 2.12. The lowest BCUT2D eigenvalue weighted by molar-refractivity contribution is -0.139. The normalized spacial score (nSPS) is 12.8. The molecule has 0 fully saturated rings. The third kappa shape index (κ3) is 3.88. The molecule has 3 nitrogen and oxygen atoms in total. The molecule has 2 N–H and O–H groups in total. The Hall–Kier alpha value is -2.29. The van der Waals surface area contributed by atoms with Crippen LogP contribution in [0.2, 0.25) is 0 Å². The second kappa shape index (κ2) is 6.65. The number of hydrogen-bond donors (Lipinski definition) is 2. The van der Waals surface area contributed by atoms with E-state index in [0.717, 1.165) is 17.5 Å². The Kier molecular flexibility index (Phi) is 4.86. The highest BCUT2D eigenvalue weighted by molar-refractivity contribution is 5.76. The van der Waals surface area contributed by atoms with E-state index in [1.165, 1.54) is 0 Å². The number of benzene rings is 2. The molecular weight excluding hydrogens is 276 g/mol. The zero-order chi connectivity index (χ0) is 16.2. The minimum Gasteiger partial charge on any atom is -0.508 e. The van der Waals surface area contributed by atoms with Crippen LogP contribution >= 0.6 is 0 Å². The van der Waals surface area contributed by atoms with E-state index < -0.39 is 11.9 Å². The van der Waals surface area contributed by atoms with Crippen LogP contribution in [0.25, 0.3) is 0 Å². The molecular formula is C19H22O3. The molecule has 2 aromatic carbocycles. The summed E-state index contributed by atoms with van der Waals surface area (Å²) in [5.74, 6) is -1.03. The molecule has 0 heterocycles. The van der Waals surface area contributed by atoms with Gasteiger partial charge in [-0.05, 0) is 41.5 Å². The van der Waals surface area contributed by atoms with E-state index in [9.17, 15) is 15.0 Å². The van der Waals surface area contributed by atoms with Gasteiger partial charge in [0.15, 0.2) is 0 Å². The topological polar surface area (TPSA) is 57.5 Å². The van der Waals surface area contributed by atoms with Gasteiger partial charge in [-0.15, -0.1) is 0 Å². The number of aromatic hydroxyl groups is 1. The second-order valence-electron chi connectivity index (χ2n) is 6.27. The number of carboxylic acid groups (broad SMARTS) is 1. The molecule has 0 saturated carbocycles. The Morgan fingerprint density at radius 2 is 1.64 bits per heavy atom. The van der Waals surface area contributed by atoms with Crippen LogP contribution in [0.15, 0.2) is 54.6 Å². The minimum atomic E-state index is -0.785. The molecule has 2 rings (SSSR count). The molecule has 1 unspecified atom stereocenters. The van der Waals surface area contributed by atoms with Crippen LogP contribution in [0.5, 0.6) is 5.75 Å². The smallest absolute Gasteiger partial charge is 0.310 e. The molecule has 0 aliphatic rings. The number of hydrogen-bond acceptors (Lipinski definition) is 2. The number of phenols is 1. The second-order valence-corrected chi connectivity index (χ2v) is 6.27. The van der Waals surface area contributed by atoms with Gasteiger partial charge in [0.25, 0.3) is 0 Å². The minimum absolute atomic E-state index is 0.143. The van der Waals surface area contributed by atoms with Crippen molar-refractivity contribution in [1.29, 1.82) is 0 Å². The van der Waals surface area contributed by atoms with Crippen LogP contribution in [0.1, 0.15) is 43.7 Å². The van der Waals surface area contributed by atoms with E-state index in [1.807, 2.05) is 42.5 Å². The van der Waals surface area contributed by atoms with Gasteiger partial charge in [0.2, 0.25) is 0 Å². The molecule has 0 bridgehead atoms. The summed E-state index contributed by atoms with van der Waals surface area (Å²) >= 11 is 0. The Labute approximate surface area is 131 Å². The van der Waals surface area contributed by atoms with Crippen LogP contribution < -0.4 is 0 Å². The summed E-state index contributed by atoms with van der Waals surface area (Å²) in [6.45, 7) is 4.20. The highest BCUT2D eigenvalue weighted by atomic mass is 16.4. The molecule has 3 heteroatoms. The summed E-state index contributed by atoms with van der Waals surface area (Å²) in [5, 5.41) is 18.9. The number of aliphatic carboxylic acids is 1. The number of phenolic OH excluding ortho intramolecular Hbond substituents is 1. The highest BCUT2D eigenvalue weighted by Gasteiger charge is 2.26. The van der Waals surface area contributed by atoms with Gasteiger partial charge in [-0.2, -0.15) is 0 Å². The van der Waals surface area contributed by atoms with Gasteiger partial charge < -0.3 is 10.2 Å². The van der Waals surface area contributed by atoms with E-state index in [4.69, 9.17) is 0 Å². The predicted octanol–water partition coefficient (Wildman–Crippen LogP) is 4.32. The average Bonchev–Trinajstić information content (AvgIpc) is 2.48. The first kappa shape index (κ1) is 16.1. The fourth-order valence-corrected chi connectivity index (χ4v) is 2.68. The van der Waals surface area contributed by atoms with E-state index >= 15 is 0 Å². The number of rotatable bonds is 6. The lowest BCUT2D eigenvalue weighted by Gasteiger charge is -2.27. The molecule has 0 spiro atoms. The molecule has 0 radical (unpaired) electrons. The predicted molar refractivity (Wildman–Crippen MR) is 87.2 cm³/mol. The van der Waals surface area contributed by atoms with Gasteiger partial charge >= 0.3 is 5.97 Å². The van der Waals surface area contributed by atoms with Crippen LogP contribution in [0.3, 0.4) is 0 Å². The first-order chi connectivity index (χ1) is 10.4. The third-order valence-corrected chi connectivity index (χ3v) is 4.21. The lowest BCUT2D eigenvalue weighted by atomic mass is 9.77. The highest BCUT2D eigenvalue weighted by Crippen LogP contribution is 2.33. The molecule has 2 aromatic rings. The maximum Gasteiger partial charge on any atom is 0.310 e. The molecule has 1 atom stereocenters. The van der Waals surface area contributed by atoms with Gasteiger partial charge in [-0.3, -0.25) is 4.79 Å². The summed E-state index contributed by atoms with van der Waals surface area (Å²) in [7, 11) is 0. The Bertz CT molecular complexity index is 615. The first-order valence-electron chi connectivity index (χ1n) is 7.47. The Morgan fingerprint density at radius 1 is 1.05 bits per heavy atom. The van der Waals surface area contributed by atoms with Crippen molar-refractivity contribution in [1.82, 2.24) is 0 Å². The van der Waals surface area contributed by atoms with Gasteiger partial charge in [0.1, 0.15) is 5.75 Å². The fraction of sp³-hybridized carbons (Fsp3) is 0.316. The van der Waals surface area contributed by atoms with Crippen molar-refractivity contribution in [2.45, 2.75) is 38.0 Å². The number of carbonyl (C=O) groups is 1. The van der Waals surface area contributed by atoms with Gasteiger partial charge in [-0.1, -0.05) is 56.3 Å². The molecule has 0 aliphatic heterocycles. The van der Waals surface area contributed by atoms with Crippen LogP contribution in [0, 0.1) is 0 Å². The average molecular weight is 298 g/mol. The summed E-state index contributed by atoms with van der Waals surface area (Å²) in [6, 6.07) is 16.5. The van der Waals surface area contributed by atoms with Crippen molar-refractivity contribution in [2.75, 3.05) is 0 Å². The molecule has 116 valence electrons. The maximum atomic E-state index is 11.6. The molecule has 22 heavy (non-hydrogen) atoms. The van der Waals surface area contributed by atoms with Crippen LogP contribution in [-0.4, -0.2) is 16.2 Å². The maximum absolute atomic E-state index is 11.6. The molecule has 0 aromatic heterocycles. The van der Waals surface area contributed by atoms with Gasteiger partial charge in [0, 0.05) is 0 Å². The van der Waals surface area contributed by atoms with Gasteiger partial charge in [0.05, 0.1) is 5.92 Å². The van der Waals surface area contributed by atoms with E-state index in [0.29, 0.717) is 6.42 Å². The van der Waals surface area contributed by atoms with Crippen LogP contribution in [0.4, 0.5) is 0 Å². The van der Waals surface area contributed by atoms with E-state index in [1.54, 1.807) is 12.1 Å². The Morgan fingerprint density at radius 3 is 2.18 bits per heavy atom. The monoisotopic (exact) mass is 298 g/mol. The van der Waals surface area contributed by atoms with Gasteiger partial charge in [-0.25, -0.2) is 0 Å². The summed E-state index contributed by atoms with van der Waals surface area (Å²) in [4.78, 5) is 11.6. The first-order valence-corrected chi connectivity index (χ1v) is 7.47. The van der Waals surface area contributed by atoms with Crippen molar-refractivity contribution in [2.24, 2.45) is 0 Å². The number of carboxylic acids is 1. The SMILES string of the molecule is CC(C)(CCC(C(=O)O)c1ccccc1)c1ccc(O)cc1. The summed E-state index contributed by atoms with van der Waals surface area (Å²) < 4.78 is 0. The molecule has 0 saturated heterocycles. The van der Waals surface area contributed by atoms with E-state index in [2.05, 4.69) is 13.8 Å². The quantitative estimate of drug-likeness (QED) is 0.835. The lowest BCUT2D eigenvalue weighted by Crippen LogP contribution is -2.20. The summed E-state index contributed by atoms with van der Waals surface area (Å²) in [6.07, 6.45) is 1.33. The largest absolute Gasteiger partial charge is 0.508 e. The zero-order valence-electron chi connectivity index (χ0n) is 13.0. The van der Waals surface area contributed by atoms with Crippen molar-refractivity contribution < 1.29 is 15.0 Å². The van der Waals surface area contributed by atoms with Crippen molar-refractivity contribution >= 4 is 5.97 Å². The van der Waals surface area contributed by atoms with Crippen molar-refractivity contribution in [3.05, 3.63) is 65.7 Å². The van der Waals surface area contributed by atoms with Crippen molar-refractivity contribution in [3.8, 4) is 5.75 Å². The zero-order valence-corrected chi connectivity index (χ0v) is 13.0. The standard InChI is InChI=1S/C19H22O3/c1-19(2,15-8-10-16(20)11-9-15)13-12-17(18(21)22)14-6-4-3-5-7-14/h3-11,17,20H,12-13H2,1-2H3,(H,21,22). The van der Waals surface area contributed by atoms with Crippen LogP contribution in [-0.2, 0) is 10.2 Å². The fourth-order valence-electron chi connectivity index (χ4n) is 2.68. The van der Waals surface area contributed by atoms with E-state index in [-0.39, 0.29) is 11.2 Å². The third-order valence-electron chi connectivity index (χ3n) is 4.21. The van der Waals surface area contributed by atoms with Crippen molar-refractivity contribution in [3.63, 3.8) is 0 Å². The summed E-state index contributed by atoms with van der Waals surface area (Å²) in [5.41, 5.74) is 1.80. The molecule has 0 aliphatic carbocycles. The molecule has 0 amide bonds.